The van der Waals surface area contributed by atoms with Crippen LogP contribution in [-0.4, -0.2) is 61.5 Å². The van der Waals surface area contributed by atoms with Crippen LogP contribution in [0, 0.1) is 0 Å². The number of nitrogens with one attached hydrogen (secondary N) is 2. The van der Waals surface area contributed by atoms with E-state index in [1.807, 2.05) is 26.2 Å². The summed E-state index contributed by atoms with van der Waals surface area (Å²) < 4.78 is 10.6. The molecule has 0 spiro atoms. The highest BCUT2D eigenvalue weighted by molar-refractivity contribution is 5.65. The first-order valence-electron chi connectivity index (χ1n) is 7.69. The topological polar surface area (TPSA) is 84.4 Å². The highest BCUT2D eigenvalue weighted by Crippen LogP contribution is 2.30. The molecule has 0 amide bonds. The Kier molecular flexibility index (Phi) is 6.56. The van der Waals surface area contributed by atoms with Gasteiger partial charge in [0.15, 0.2) is 5.82 Å². The second kappa shape index (κ2) is 8.88. The smallest absolute Gasteiger partial charge is 0.244 e. The second-order valence-corrected chi connectivity index (χ2v) is 5.44. The fraction of sp³-hybridized carbons (Fsp3) is 0.438. The van der Waals surface area contributed by atoms with E-state index in [-0.39, 0.29) is 0 Å². The third-order valence-electron chi connectivity index (χ3n) is 3.30. The van der Waals surface area contributed by atoms with E-state index in [0.29, 0.717) is 17.5 Å². The minimum absolute atomic E-state index is 0.492. The maximum atomic E-state index is 5.37. The summed E-state index contributed by atoms with van der Waals surface area (Å²) in [6.07, 6.45) is 2.56. The van der Waals surface area contributed by atoms with Crippen LogP contribution in [0.15, 0.2) is 24.4 Å². The van der Waals surface area contributed by atoms with Gasteiger partial charge in [0, 0.05) is 12.6 Å². The van der Waals surface area contributed by atoms with Crippen molar-refractivity contribution < 1.29 is 9.47 Å². The van der Waals surface area contributed by atoms with Crippen LogP contribution in [0.1, 0.15) is 6.42 Å². The Morgan fingerprint density at radius 1 is 1.17 bits per heavy atom. The number of methoxy groups -OCH3 is 2. The molecule has 2 N–H and O–H groups in total. The highest BCUT2D eigenvalue weighted by Gasteiger charge is 2.07. The number of rotatable bonds is 9. The molecule has 0 aliphatic heterocycles. The van der Waals surface area contributed by atoms with Gasteiger partial charge in [0.05, 0.1) is 26.1 Å². The number of nitrogens with zero attached hydrogens (tertiary/aromatic N) is 4. The van der Waals surface area contributed by atoms with E-state index in [2.05, 4.69) is 30.7 Å². The first kappa shape index (κ1) is 17.7. The van der Waals surface area contributed by atoms with Crippen molar-refractivity contribution in [1.82, 2.24) is 20.1 Å². The van der Waals surface area contributed by atoms with E-state index in [1.54, 1.807) is 26.5 Å². The lowest BCUT2D eigenvalue weighted by molar-refractivity contribution is 0.395. The lowest BCUT2D eigenvalue weighted by atomic mass is 10.2. The summed E-state index contributed by atoms with van der Waals surface area (Å²) in [6.45, 7) is 1.79. The first-order chi connectivity index (χ1) is 11.6. The molecule has 8 nitrogen and oxygen atoms in total. The van der Waals surface area contributed by atoms with Crippen LogP contribution in [0.4, 0.5) is 17.5 Å². The molecule has 0 aliphatic carbocycles. The number of benzene rings is 1. The monoisotopic (exact) mass is 332 g/mol. The minimum atomic E-state index is 0.492. The predicted octanol–water partition coefficient (Wildman–Crippen LogP) is 2.00. The van der Waals surface area contributed by atoms with Crippen molar-refractivity contribution in [3.05, 3.63) is 24.4 Å². The number of aromatic nitrogens is 3. The van der Waals surface area contributed by atoms with Gasteiger partial charge in [0.25, 0.3) is 0 Å². The van der Waals surface area contributed by atoms with Crippen LogP contribution in [0.2, 0.25) is 0 Å². The highest BCUT2D eigenvalue weighted by atomic mass is 16.5. The van der Waals surface area contributed by atoms with Crippen LogP contribution in [0.3, 0.4) is 0 Å². The summed E-state index contributed by atoms with van der Waals surface area (Å²) in [5.41, 5.74) is 0.775. The van der Waals surface area contributed by atoms with Gasteiger partial charge in [0.1, 0.15) is 11.5 Å². The molecular formula is C16H24N6O2. The van der Waals surface area contributed by atoms with Crippen molar-refractivity contribution in [3.63, 3.8) is 0 Å². The number of ether oxygens (including phenoxy) is 2. The molecule has 2 aromatic rings. The maximum Gasteiger partial charge on any atom is 0.244 e. The standard InChI is InChI=1S/C16H24N6O2/c1-22(2)9-5-8-17-16-20-15(11-18-21-16)19-13-7-6-12(23-3)10-14(13)24-4/h6-7,10-11H,5,8-9H2,1-4H3,(H2,17,19,20,21). The zero-order valence-corrected chi connectivity index (χ0v) is 14.5. The molecule has 0 aliphatic rings. The normalized spacial score (nSPS) is 10.5. The Balaban J connectivity index is 2.01. The van der Waals surface area contributed by atoms with E-state index in [1.165, 1.54) is 0 Å². The van der Waals surface area contributed by atoms with Gasteiger partial charge in [-0.1, -0.05) is 0 Å². The number of hydrogen-bond acceptors (Lipinski definition) is 8. The zero-order chi connectivity index (χ0) is 17.4. The predicted molar refractivity (Wildman–Crippen MR) is 94.3 cm³/mol. The van der Waals surface area contributed by atoms with Gasteiger partial charge >= 0.3 is 0 Å². The molecule has 0 saturated carbocycles. The van der Waals surface area contributed by atoms with Crippen LogP contribution in [0.5, 0.6) is 11.5 Å². The van der Waals surface area contributed by atoms with Gasteiger partial charge in [-0.2, -0.15) is 10.1 Å². The van der Waals surface area contributed by atoms with Crippen LogP contribution >= 0.6 is 0 Å². The van der Waals surface area contributed by atoms with Gasteiger partial charge < -0.3 is 25.0 Å². The molecule has 1 aromatic carbocycles. The molecule has 0 unspecified atom stereocenters. The largest absolute Gasteiger partial charge is 0.497 e. The Bertz CT molecular complexity index is 650. The molecule has 2 rings (SSSR count). The molecule has 24 heavy (non-hydrogen) atoms. The van der Waals surface area contributed by atoms with Crippen molar-refractivity contribution >= 4 is 17.5 Å². The van der Waals surface area contributed by atoms with E-state index in [9.17, 15) is 0 Å². The van der Waals surface area contributed by atoms with Crippen molar-refractivity contribution in [1.29, 1.82) is 0 Å². The van der Waals surface area contributed by atoms with Crippen LogP contribution < -0.4 is 20.1 Å². The number of anilines is 3. The van der Waals surface area contributed by atoms with E-state index < -0.39 is 0 Å². The molecule has 1 heterocycles. The third kappa shape index (κ3) is 5.24. The minimum Gasteiger partial charge on any atom is -0.497 e. The van der Waals surface area contributed by atoms with E-state index in [0.717, 1.165) is 30.9 Å². The summed E-state index contributed by atoms with van der Waals surface area (Å²) >= 11 is 0. The van der Waals surface area contributed by atoms with Crippen molar-refractivity contribution in [2.24, 2.45) is 0 Å². The SMILES string of the molecule is COc1ccc(Nc2cnnc(NCCCN(C)C)n2)c(OC)c1. The molecule has 1 aromatic heterocycles. The average Bonchev–Trinajstić information content (AvgIpc) is 2.59. The summed E-state index contributed by atoms with van der Waals surface area (Å²) in [4.78, 5) is 6.54. The molecule has 130 valence electrons. The second-order valence-electron chi connectivity index (χ2n) is 5.44. The molecular weight excluding hydrogens is 308 g/mol. The molecule has 0 saturated heterocycles. The Morgan fingerprint density at radius 2 is 2.00 bits per heavy atom. The van der Waals surface area contributed by atoms with Crippen LogP contribution in [-0.2, 0) is 0 Å². The average molecular weight is 332 g/mol. The Labute approximate surface area is 142 Å². The lowest BCUT2D eigenvalue weighted by Crippen LogP contribution is -2.17. The van der Waals surface area contributed by atoms with Crippen LogP contribution in [0.25, 0.3) is 0 Å². The van der Waals surface area contributed by atoms with Crippen molar-refractivity contribution in [2.45, 2.75) is 6.42 Å². The van der Waals surface area contributed by atoms with Gasteiger partial charge in [-0.25, -0.2) is 0 Å². The zero-order valence-electron chi connectivity index (χ0n) is 14.5. The quantitative estimate of drug-likeness (QED) is 0.675. The summed E-state index contributed by atoms with van der Waals surface area (Å²) in [7, 11) is 7.32. The third-order valence-corrected chi connectivity index (χ3v) is 3.30. The van der Waals surface area contributed by atoms with Gasteiger partial charge in [0.2, 0.25) is 5.95 Å². The molecule has 0 atom stereocenters. The van der Waals surface area contributed by atoms with Crippen molar-refractivity contribution in [3.8, 4) is 11.5 Å². The van der Waals surface area contributed by atoms with Gasteiger partial charge in [-0.15, -0.1) is 5.10 Å². The maximum absolute atomic E-state index is 5.37. The van der Waals surface area contributed by atoms with E-state index in [4.69, 9.17) is 9.47 Å². The molecule has 8 heteroatoms. The molecule has 0 bridgehead atoms. The fourth-order valence-electron chi connectivity index (χ4n) is 2.07. The number of hydrogen-bond donors (Lipinski definition) is 2. The summed E-state index contributed by atoms with van der Waals surface area (Å²) in [5.74, 6) is 2.46. The lowest BCUT2D eigenvalue weighted by Gasteiger charge is -2.12. The van der Waals surface area contributed by atoms with Crippen molar-refractivity contribution in [2.75, 3.05) is 52.0 Å². The summed E-state index contributed by atoms with van der Waals surface area (Å²) in [5, 5.41) is 14.3. The van der Waals surface area contributed by atoms with E-state index >= 15 is 0 Å². The Hall–Kier alpha value is -2.61. The van der Waals surface area contributed by atoms with Gasteiger partial charge in [-0.05, 0) is 39.2 Å². The molecule has 0 radical (unpaired) electrons. The summed E-state index contributed by atoms with van der Waals surface area (Å²) in [6, 6.07) is 5.52. The van der Waals surface area contributed by atoms with Gasteiger partial charge in [-0.3, -0.25) is 0 Å². The first-order valence-corrected chi connectivity index (χ1v) is 7.69. The molecule has 0 fully saturated rings. The Morgan fingerprint density at radius 3 is 2.71 bits per heavy atom. The fourth-order valence-corrected chi connectivity index (χ4v) is 2.07.